The topological polar surface area (TPSA) is 45.7 Å². The Bertz CT molecular complexity index is 1360. The lowest BCUT2D eigenvalue weighted by atomic mass is 9.85. The molecule has 1 saturated heterocycles. The number of aromatic nitrogens is 1. The minimum Gasteiger partial charge on any atom is -0.494 e. The fourth-order valence-electron chi connectivity index (χ4n) is 5.28. The molecule has 0 saturated carbocycles. The zero-order chi connectivity index (χ0) is 23.6. The molecule has 4 aromatic rings. The molecule has 0 amide bonds. The first-order valence-corrected chi connectivity index (χ1v) is 12.5. The molecule has 0 N–H and O–H groups in total. The number of fused-ring (bicyclic) bond motifs is 2. The van der Waals surface area contributed by atoms with E-state index in [4.69, 9.17) is 4.74 Å². The van der Waals surface area contributed by atoms with Gasteiger partial charge in [0.25, 0.3) is 0 Å². The lowest BCUT2D eigenvalue weighted by molar-refractivity contribution is 0.103. The molecule has 0 bridgehead atoms. The van der Waals surface area contributed by atoms with E-state index in [9.17, 15) is 4.79 Å². The van der Waals surface area contributed by atoms with Gasteiger partial charge in [-0.25, -0.2) is 0 Å². The third-order valence-corrected chi connectivity index (χ3v) is 7.14. The summed E-state index contributed by atoms with van der Waals surface area (Å²) in [6, 6.07) is 24.3. The number of nitrogens with zero attached hydrogens (tertiary/aromatic N) is 3. The van der Waals surface area contributed by atoms with E-state index in [1.165, 1.54) is 5.69 Å². The normalized spacial score (nSPS) is 15.3. The lowest BCUT2D eigenvalue weighted by Gasteiger charge is -2.36. The summed E-state index contributed by atoms with van der Waals surface area (Å²) in [6.07, 6.45) is 3.91. The van der Waals surface area contributed by atoms with Gasteiger partial charge in [-0.1, -0.05) is 42.5 Å². The van der Waals surface area contributed by atoms with Crippen molar-refractivity contribution in [2.45, 2.75) is 12.8 Å². The second kappa shape index (κ2) is 9.51. The van der Waals surface area contributed by atoms with E-state index in [1.54, 1.807) is 0 Å². The van der Waals surface area contributed by atoms with Crippen molar-refractivity contribution in [2.75, 3.05) is 44.2 Å². The van der Waals surface area contributed by atoms with Crippen LogP contribution >= 0.6 is 0 Å². The van der Waals surface area contributed by atoms with E-state index in [0.717, 1.165) is 73.3 Å². The van der Waals surface area contributed by atoms with Crippen molar-refractivity contribution >= 4 is 22.2 Å². The molecule has 2 aliphatic rings. The summed E-state index contributed by atoms with van der Waals surface area (Å²) in [7, 11) is 0. The number of anilines is 1. The minimum atomic E-state index is 0.0474. The summed E-state index contributed by atoms with van der Waals surface area (Å²) in [5.41, 5.74) is 4.51. The van der Waals surface area contributed by atoms with Gasteiger partial charge in [0, 0.05) is 60.1 Å². The van der Waals surface area contributed by atoms with Crippen LogP contribution in [-0.4, -0.2) is 55.0 Å². The van der Waals surface area contributed by atoms with Crippen LogP contribution < -0.4 is 9.64 Å². The molecule has 5 heteroatoms. The summed E-state index contributed by atoms with van der Waals surface area (Å²) < 4.78 is 6.12. The van der Waals surface area contributed by atoms with Gasteiger partial charge in [-0.3, -0.25) is 14.7 Å². The number of piperazine rings is 1. The number of hydrogen-bond acceptors (Lipinski definition) is 5. The molecule has 0 atom stereocenters. The standard InChI is InChI=1S/C30H29N3O2/c34-30-26-11-5-4-10-25(26)29-28-22(12-13-31-29)20-24(21-27(28)30)35-19-7-6-14-32-15-17-33(18-16-32)23-8-2-1-3-9-23/h1-5,8-13,20-21H,6-7,14-19H2. The van der Waals surface area contributed by atoms with Crippen LogP contribution in [0.15, 0.2) is 79.0 Å². The van der Waals surface area contributed by atoms with Gasteiger partial charge >= 0.3 is 0 Å². The van der Waals surface area contributed by atoms with Crippen molar-refractivity contribution in [3.63, 3.8) is 0 Å². The van der Waals surface area contributed by atoms with Gasteiger partial charge in [-0.15, -0.1) is 0 Å². The van der Waals surface area contributed by atoms with E-state index >= 15 is 0 Å². The number of para-hydroxylation sites is 1. The maximum Gasteiger partial charge on any atom is 0.194 e. The Balaban J connectivity index is 1.05. The van der Waals surface area contributed by atoms with E-state index in [2.05, 4.69) is 45.1 Å². The van der Waals surface area contributed by atoms with E-state index in [1.807, 2.05) is 48.7 Å². The fourth-order valence-corrected chi connectivity index (χ4v) is 5.28. The first-order chi connectivity index (χ1) is 17.3. The number of ketones is 1. The van der Waals surface area contributed by atoms with Gasteiger partial charge in [-0.2, -0.15) is 0 Å². The van der Waals surface area contributed by atoms with E-state index < -0.39 is 0 Å². The molecule has 1 aliphatic heterocycles. The summed E-state index contributed by atoms with van der Waals surface area (Å²) in [5, 5.41) is 1.93. The minimum absolute atomic E-state index is 0.0474. The molecule has 3 aromatic carbocycles. The molecule has 0 unspecified atom stereocenters. The van der Waals surface area contributed by atoms with E-state index in [0.29, 0.717) is 17.7 Å². The van der Waals surface area contributed by atoms with Crippen LogP contribution in [0.3, 0.4) is 0 Å². The number of rotatable bonds is 7. The van der Waals surface area contributed by atoms with Crippen LogP contribution in [0.25, 0.3) is 22.0 Å². The van der Waals surface area contributed by atoms with Crippen molar-refractivity contribution in [3.8, 4) is 17.0 Å². The Labute approximate surface area is 206 Å². The highest BCUT2D eigenvalue weighted by Crippen LogP contribution is 2.39. The first-order valence-electron chi connectivity index (χ1n) is 12.5. The van der Waals surface area contributed by atoms with Crippen LogP contribution in [-0.2, 0) is 0 Å². The van der Waals surface area contributed by atoms with Crippen LogP contribution in [0.5, 0.6) is 5.75 Å². The van der Waals surface area contributed by atoms with Gasteiger partial charge in [0.2, 0.25) is 0 Å². The van der Waals surface area contributed by atoms with Crippen molar-refractivity contribution in [1.82, 2.24) is 9.88 Å². The largest absolute Gasteiger partial charge is 0.494 e. The van der Waals surface area contributed by atoms with Crippen LogP contribution in [0.4, 0.5) is 5.69 Å². The molecule has 1 fully saturated rings. The van der Waals surface area contributed by atoms with Crippen molar-refractivity contribution < 1.29 is 9.53 Å². The summed E-state index contributed by atoms with van der Waals surface area (Å²) in [5.74, 6) is 0.806. The molecule has 0 spiro atoms. The number of hydrogen-bond donors (Lipinski definition) is 0. The molecule has 1 aliphatic carbocycles. The van der Waals surface area contributed by atoms with Crippen LogP contribution in [0.2, 0.25) is 0 Å². The van der Waals surface area contributed by atoms with Crippen LogP contribution in [0, 0.1) is 0 Å². The van der Waals surface area contributed by atoms with Gasteiger partial charge in [0.05, 0.1) is 12.3 Å². The number of carbonyl (C=O) groups excluding carboxylic acids is 1. The second-order valence-electron chi connectivity index (χ2n) is 9.32. The van der Waals surface area contributed by atoms with Crippen molar-refractivity contribution in [1.29, 1.82) is 0 Å². The smallest absolute Gasteiger partial charge is 0.194 e. The Hall–Kier alpha value is -3.70. The third kappa shape index (κ3) is 4.28. The van der Waals surface area contributed by atoms with Gasteiger partial charge in [0.1, 0.15) is 5.75 Å². The predicted octanol–water partition coefficient (Wildman–Crippen LogP) is 5.43. The van der Waals surface area contributed by atoms with Gasteiger partial charge in [0.15, 0.2) is 5.78 Å². The SMILES string of the molecule is O=C1c2ccccc2-c2nccc3cc(OCCCCN4CCN(c5ccccc5)CC4)cc1c23. The summed E-state index contributed by atoms with van der Waals surface area (Å²) >= 11 is 0. The number of ether oxygens (including phenoxy) is 1. The number of benzene rings is 3. The monoisotopic (exact) mass is 463 g/mol. The van der Waals surface area contributed by atoms with Crippen LogP contribution in [0.1, 0.15) is 28.8 Å². The molecule has 6 rings (SSSR count). The average molecular weight is 464 g/mol. The van der Waals surface area contributed by atoms with Crippen molar-refractivity contribution in [3.05, 3.63) is 90.1 Å². The van der Waals surface area contributed by atoms with Gasteiger partial charge < -0.3 is 9.64 Å². The molecule has 176 valence electrons. The fraction of sp³-hybridized carbons (Fsp3) is 0.267. The zero-order valence-corrected chi connectivity index (χ0v) is 19.8. The Morgan fingerprint density at radius 1 is 0.800 bits per heavy atom. The Morgan fingerprint density at radius 3 is 2.40 bits per heavy atom. The molecule has 5 nitrogen and oxygen atoms in total. The maximum absolute atomic E-state index is 13.2. The molecular weight excluding hydrogens is 434 g/mol. The Kier molecular flexibility index (Phi) is 5.93. The highest BCUT2D eigenvalue weighted by molar-refractivity contribution is 6.25. The number of unbranched alkanes of at least 4 members (excludes halogenated alkanes) is 1. The summed E-state index contributed by atoms with van der Waals surface area (Å²) in [6.45, 7) is 6.10. The zero-order valence-electron chi connectivity index (χ0n) is 19.8. The number of pyridine rings is 1. The Morgan fingerprint density at radius 2 is 1.57 bits per heavy atom. The molecular formula is C30H29N3O2. The second-order valence-corrected chi connectivity index (χ2v) is 9.32. The average Bonchev–Trinajstić information content (AvgIpc) is 2.92. The summed E-state index contributed by atoms with van der Waals surface area (Å²) in [4.78, 5) is 22.8. The van der Waals surface area contributed by atoms with E-state index in [-0.39, 0.29) is 5.78 Å². The highest BCUT2D eigenvalue weighted by Gasteiger charge is 2.26. The quantitative estimate of drug-likeness (QED) is 0.301. The maximum atomic E-state index is 13.2. The molecule has 0 radical (unpaired) electrons. The predicted molar refractivity (Wildman–Crippen MR) is 140 cm³/mol. The van der Waals surface area contributed by atoms with Crippen molar-refractivity contribution in [2.24, 2.45) is 0 Å². The molecule has 35 heavy (non-hydrogen) atoms. The first kappa shape index (κ1) is 21.8. The number of carbonyl (C=O) groups is 1. The highest BCUT2D eigenvalue weighted by atomic mass is 16.5. The van der Waals surface area contributed by atoms with Gasteiger partial charge in [-0.05, 0) is 55.1 Å². The molecule has 2 heterocycles. The third-order valence-electron chi connectivity index (χ3n) is 7.14. The lowest BCUT2D eigenvalue weighted by Crippen LogP contribution is -2.46. The molecule has 1 aromatic heterocycles.